The van der Waals surface area contributed by atoms with Crippen molar-refractivity contribution in [2.24, 2.45) is 0 Å². The zero-order valence-corrected chi connectivity index (χ0v) is 10.9. The maximum absolute atomic E-state index is 11.7. The Bertz CT molecular complexity index is 460. The number of ether oxygens (including phenoxy) is 2. The molecular weight excluding hydrogens is 232 g/mol. The summed E-state index contributed by atoms with van der Waals surface area (Å²) in [6.07, 6.45) is 0.493. The number of carbonyl (C=O) groups is 1. The second-order valence-electron chi connectivity index (χ2n) is 4.10. The normalized spacial score (nSPS) is 14.6. The predicted molar refractivity (Wildman–Crippen MR) is 70.7 cm³/mol. The number of nitrogens with zero attached hydrogens (tertiary/aromatic N) is 1. The largest absolute Gasteiger partial charge is 0.493 e. The Balaban J connectivity index is 2.52. The van der Waals surface area contributed by atoms with Crippen LogP contribution < -0.4 is 19.7 Å². The van der Waals surface area contributed by atoms with Gasteiger partial charge >= 0.3 is 0 Å². The fraction of sp³-hybridized carbons (Fsp3) is 0.462. The molecule has 0 saturated heterocycles. The van der Waals surface area contributed by atoms with Crippen molar-refractivity contribution in [2.45, 2.75) is 13.3 Å². The van der Waals surface area contributed by atoms with Crippen molar-refractivity contribution in [1.29, 1.82) is 0 Å². The minimum Gasteiger partial charge on any atom is -0.493 e. The number of anilines is 2. The number of amides is 1. The Morgan fingerprint density at radius 1 is 1.28 bits per heavy atom. The van der Waals surface area contributed by atoms with Crippen LogP contribution in [-0.4, -0.2) is 33.2 Å². The minimum atomic E-state index is 0.0272. The van der Waals surface area contributed by atoms with Crippen molar-refractivity contribution in [3.63, 3.8) is 0 Å². The number of rotatable bonds is 3. The molecule has 1 aromatic carbocycles. The van der Waals surface area contributed by atoms with Crippen molar-refractivity contribution in [1.82, 2.24) is 0 Å². The van der Waals surface area contributed by atoms with Crippen LogP contribution >= 0.6 is 0 Å². The van der Waals surface area contributed by atoms with Gasteiger partial charge in [0.25, 0.3) is 0 Å². The van der Waals surface area contributed by atoms with Gasteiger partial charge in [-0.2, -0.15) is 0 Å². The van der Waals surface area contributed by atoms with Gasteiger partial charge in [-0.15, -0.1) is 0 Å². The maximum Gasteiger partial charge on any atom is 0.226 e. The summed E-state index contributed by atoms with van der Waals surface area (Å²) in [6, 6.07) is 3.71. The van der Waals surface area contributed by atoms with E-state index in [9.17, 15) is 4.79 Å². The molecule has 0 fully saturated rings. The summed E-state index contributed by atoms with van der Waals surface area (Å²) >= 11 is 0. The van der Waals surface area contributed by atoms with E-state index in [1.807, 2.05) is 6.07 Å². The van der Waals surface area contributed by atoms with E-state index in [1.54, 1.807) is 20.3 Å². The lowest BCUT2D eigenvalue weighted by Gasteiger charge is -2.23. The number of carbonyl (C=O) groups excluding carboxylic acids is 1. The highest BCUT2D eigenvalue weighted by Gasteiger charge is 2.20. The molecule has 1 aliphatic rings. The molecule has 1 heterocycles. The Morgan fingerprint density at radius 3 is 2.56 bits per heavy atom. The number of hydrogen-bond acceptors (Lipinski definition) is 4. The molecule has 1 aliphatic heterocycles. The van der Waals surface area contributed by atoms with E-state index in [2.05, 4.69) is 17.1 Å². The summed E-state index contributed by atoms with van der Waals surface area (Å²) in [4.78, 5) is 13.8. The molecule has 1 aromatic rings. The average Bonchev–Trinajstić information content (AvgIpc) is 2.54. The lowest BCUT2D eigenvalue weighted by Crippen LogP contribution is -2.23. The Labute approximate surface area is 107 Å². The van der Waals surface area contributed by atoms with Crippen LogP contribution in [0.1, 0.15) is 13.3 Å². The molecule has 0 radical (unpaired) electrons. The monoisotopic (exact) mass is 250 g/mol. The molecular formula is C13H18N2O3. The van der Waals surface area contributed by atoms with Gasteiger partial charge in [-0.25, -0.2) is 0 Å². The van der Waals surface area contributed by atoms with Crippen LogP contribution in [0.5, 0.6) is 11.5 Å². The van der Waals surface area contributed by atoms with Gasteiger partial charge < -0.3 is 19.7 Å². The van der Waals surface area contributed by atoms with E-state index in [0.29, 0.717) is 24.5 Å². The van der Waals surface area contributed by atoms with Crippen LogP contribution in [-0.2, 0) is 4.79 Å². The standard InChI is InChI=1S/C13H18N2O3/c1-4-15-6-5-13(16)14-9-7-11(17-2)12(18-3)8-10(9)15/h7-8H,4-6H2,1-3H3,(H,14,16). The van der Waals surface area contributed by atoms with Crippen LogP contribution in [0.15, 0.2) is 12.1 Å². The highest BCUT2D eigenvalue weighted by atomic mass is 16.5. The first-order valence-corrected chi connectivity index (χ1v) is 6.00. The molecule has 5 heteroatoms. The molecule has 1 amide bonds. The highest BCUT2D eigenvalue weighted by Crippen LogP contribution is 2.39. The molecule has 0 spiro atoms. The number of nitrogens with one attached hydrogen (secondary N) is 1. The van der Waals surface area contributed by atoms with E-state index in [1.165, 1.54) is 0 Å². The third-order valence-corrected chi connectivity index (χ3v) is 3.11. The quantitative estimate of drug-likeness (QED) is 0.889. The van der Waals surface area contributed by atoms with Gasteiger partial charge in [0, 0.05) is 31.6 Å². The number of fused-ring (bicyclic) bond motifs is 1. The van der Waals surface area contributed by atoms with Crippen LogP contribution in [0, 0.1) is 0 Å². The summed E-state index contributed by atoms with van der Waals surface area (Å²) in [6.45, 7) is 3.62. The molecule has 0 saturated carbocycles. The molecule has 0 aliphatic carbocycles. The number of methoxy groups -OCH3 is 2. The lowest BCUT2D eigenvalue weighted by atomic mass is 10.2. The van der Waals surface area contributed by atoms with Gasteiger partial charge in [0.15, 0.2) is 11.5 Å². The van der Waals surface area contributed by atoms with Crippen molar-refractivity contribution in [2.75, 3.05) is 37.5 Å². The average molecular weight is 250 g/mol. The minimum absolute atomic E-state index is 0.0272. The van der Waals surface area contributed by atoms with E-state index < -0.39 is 0 Å². The van der Waals surface area contributed by atoms with E-state index in [-0.39, 0.29) is 5.91 Å². The molecule has 2 rings (SSSR count). The van der Waals surface area contributed by atoms with Crippen molar-refractivity contribution < 1.29 is 14.3 Å². The van der Waals surface area contributed by atoms with Crippen LogP contribution in [0.3, 0.4) is 0 Å². The molecule has 18 heavy (non-hydrogen) atoms. The maximum atomic E-state index is 11.7. The summed E-state index contributed by atoms with van der Waals surface area (Å²) in [5, 5.41) is 2.90. The molecule has 0 aromatic heterocycles. The second kappa shape index (κ2) is 5.16. The molecule has 98 valence electrons. The molecule has 0 atom stereocenters. The van der Waals surface area contributed by atoms with E-state index >= 15 is 0 Å². The summed E-state index contributed by atoms with van der Waals surface area (Å²) < 4.78 is 10.6. The zero-order valence-electron chi connectivity index (χ0n) is 10.9. The van der Waals surface area contributed by atoms with Crippen molar-refractivity contribution >= 4 is 17.3 Å². The van der Waals surface area contributed by atoms with Gasteiger partial charge in [-0.3, -0.25) is 4.79 Å². The fourth-order valence-electron chi connectivity index (χ4n) is 2.13. The Morgan fingerprint density at radius 2 is 1.94 bits per heavy atom. The molecule has 0 bridgehead atoms. The van der Waals surface area contributed by atoms with Crippen LogP contribution in [0.25, 0.3) is 0 Å². The topological polar surface area (TPSA) is 50.8 Å². The number of benzene rings is 1. The van der Waals surface area contributed by atoms with Gasteiger partial charge in [0.05, 0.1) is 25.6 Å². The molecule has 5 nitrogen and oxygen atoms in total. The van der Waals surface area contributed by atoms with E-state index in [4.69, 9.17) is 9.47 Å². The SMILES string of the molecule is CCN1CCC(=O)Nc2cc(OC)c(OC)cc21. The summed E-state index contributed by atoms with van der Waals surface area (Å²) in [7, 11) is 3.19. The summed E-state index contributed by atoms with van der Waals surface area (Å²) in [5.41, 5.74) is 1.75. The van der Waals surface area contributed by atoms with E-state index in [0.717, 1.165) is 17.9 Å². The lowest BCUT2D eigenvalue weighted by molar-refractivity contribution is -0.115. The van der Waals surface area contributed by atoms with Crippen molar-refractivity contribution in [3.8, 4) is 11.5 Å². The predicted octanol–water partition coefficient (Wildman–Crippen LogP) is 1.87. The third-order valence-electron chi connectivity index (χ3n) is 3.11. The molecule has 1 N–H and O–H groups in total. The van der Waals surface area contributed by atoms with Gasteiger partial charge in [0.1, 0.15) is 0 Å². The van der Waals surface area contributed by atoms with Crippen molar-refractivity contribution in [3.05, 3.63) is 12.1 Å². The van der Waals surface area contributed by atoms with Gasteiger partial charge in [0.2, 0.25) is 5.91 Å². The van der Waals surface area contributed by atoms with Gasteiger partial charge in [-0.1, -0.05) is 0 Å². The third kappa shape index (κ3) is 2.20. The Hall–Kier alpha value is -1.91. The Kier molecular flexibility index (Phi) is 3.60. The molecule has 0 unspecified atom stereocenters. The first kappa shape index (κ1) is 12.5. The summed E-state index contributed by atoms with van der Waals surface area (Å²) in [5.74, 6) is 1.32. The highest BCUT2D eigenvalue weighted by molar-refractivity contribution is 5.97. The van der Waals surface area contributed by atoms with Crippen LogP contribution in [0.2, 0.25) is 0 Å². The van der Waals surface area contributed by atoms with Crippen LogP contribution in [0.4, 0.5) is 11.4 Å². The number of hydrogen-bond donors (Lipinski definition) is 1. The zero-order chi connectivity index (χ0) is 13.1. The first-order valence-electron chi connectivity index (χ1n) is 6.00. The first-order chi connectivity index (χ1) is 8.69. The van der Waals surface area contributed by atoms with Gasteiger partial charge in [-0.05, 0) is 6.92 Å². The smallest absolute Gasteiger partial charge is 0.226 e. The second-order valence-corrected chi connectivity index (χ2v) is 4.10. The fourth-order valence-corrected chi connectivity index (χ4v) is 2.13.